The summed E-state index contributed by atoms with van der Waals surface area (Å²) in [6.45, 7) is 0.423. The molecule has 4 heteroatoms. The first-order valence-corrected chi connectivity index (χ1v) is 9.25. The van der Waals surface area contributed by atoms with Crippen molar-refractivity contribution in [3.8, 4) is 11.5 Å². The van der Waals surface area contributed by atoms with Gasteiger partial charge < -0.3 is 9.47 Å². The number of halogens is 1. The fourth-order valence-electron chi connectivity index (χ4n) is 2.90. The Hall–Kier alpha value is -3.30. The average Bonchev–Trinajstić information content (AvgIpc) is 3.01. The van der Waals surface area contributed by atoms with E-state index in [1.54, 1.807) is 36.4 Å². The second-order valence-electron chi connectivity index (χ2n) is 6.28. The van der Waals surface area contributed by atoms with E-state index in [1.165, 1.54) is 0 Å². The molecule has 0 saturated carbocycles. The Morgan fingerprint density at radius 3 is 2.57 bits per heavy atom. The zero-order chi connectivity index (χ0) is 19.3. The van der Waals surface area contributed by atoms with Gasteiger partial charge in [0.2, 0.25) is 5.78 Å². The second-order valence-corrected chi connectivity index (χ2v) is 6.71. The molecule has 0 radical (unpaired) electrons. The summed E-state index contributed by atoms with van der Waals surface area (Å²) in [6, 6.07) is 22.5. The second kappa shape index (κ2) is 8.15. The monoisotopic (exact) mass is 388 g/mol. The van der Waals surface area contributed by atoms with Gasteiger partial charge in [-0.05, 0) is 47.5 Å². The lowest BCUT2D eigenvalue weighted by molar-refractivity contribution is 0.101. The molecule has 1 aliphatic rings. The molecule has 28 heavy (non-hydrogen) atoms. The van der Waals surface area contributed by atoms with Crippen LogP contribution in [0.1, 0.15) is 21.5 Å². The predicted octanol–water partition coefficient (Wildman–Crippen LogP) is 6.05. The van der Waals surface area contributed by atoms with Crippen molar-refractivity contribution in [3.63, 3.8) is 0 Å². The van der Waals surface area contributed by atoms with E-state index in [4.69, 9.17) is 21.1 Å². The van der Waals surface area contributed by atoms with Gasteiger partial charge in [0.1, 0.15) is 18.1 Å². The van der Waals surface area contributed by atoms with Crippen LogP contribution >= 0.6 is 11.6 Å². The van der Waals surface area contributed by atoms with E-state index in [1.807, 2.05) is 54.6 Å². The van der Waals surface area contributed by atoms with Gasteiger partial charge in [0.25, 0.3) is 0 Å². The van der Waals surface area contributed by atoms with Gasteiger partial charge >= 0.3 is 0 Å². The van der Waals surface area contributed by atoms with Crippen LogP contribution in [0.25, 0.3) is 12.2 Å². The largest absolute Gasteiger partial charge is 0.489 e. The van der Waals surface area contributed by atoms with Crippen LogP contribution in [0.3, 0.4) is 0 Å². The van der Waals surface area contributed by atoms with E-state index in [0.717, 1.165) is 11.1 Å². The Kier molecular flexibility index (Phi) is 5.27. The molecule has 4 rings (SSSR count). The Labute approximate surface area is 168 Å². The van der Waals surface area contributed by atoms with E-state index in [0.29, 0.717) is 28.7 Å². The molecule has 1 aliphatic heterocycles. The number of carbonyl (C=O) groups excluding carboxylic acids is 1. The van der Waals surface area contributed by atoms with Crippen molar-refractivity contribution in [2.45, 2.75) is 0 Å². The number of allylic oxidation sites excluding steroid dienone is 1. The standard InChI is InChI=1S/C24H17ClO3/c25-19-10-4-8-18(14-19)15-23-24(26)21-12-11-20(16-22(21)28-23)27-13-5-9-17-6-2-1-3-7-17/h1-12,14-16H,13H2. The van der Waals surface area contributed by atoms with Crippen LogP contribution in [0.4, 0.5) is 0 Å². The minimum absolute atomic E-state index is 0.148. The molecule has 1 heterocycles. The minimum atomic E-state index is -0.148. The lowest BCUT2D eigenvalue weighted by Crippen LogP contribution is -1.97. The summed E-state index contributed by atoms with van der Waals surface area (Å²) in [5.74, 6) is 1.28. The quantitative estimate of drug-likeness (QED) is 0.499. The molecule has 0 atom stereocenters. The number of hydrogen-bond donors (Lipinski definition) is 0. The highest BCUT2D eigenvalue weighted by Gasteiger charge is 2.27. The van der Waals surface area contributed by atoms with Crippen molar-refractivity contribution < 1.29 is 14.3 Å². The number of hydrogen-bond acceptors (Lipinski definition) is 3. The third kappa shape index (κ3) is 4.16. The number of ether oxygens (including phenoxy) is 2. The third-order valence-electron chi connectivity index (χ3n) is 4.24. The van der Waals surface area contributed by atoms with Gasteiger partial charge in [-0.15, -0.1) is 0 Å². The van der Waals surface area contributed by atoms with E-state index in [9.17, 15) is 4.79 Å². The molecule has 0 bridgehead atoms. The summed E-state index contributed by atoms with van der Waals surface area (Å²) >= 11 is 6.00. The molecule has 138 valence electrons. The number of benzene rings is 3. The molecule has 0 saturated heterocycles. The Morgan fingerprint density at radius 2 is 1.75 bits per heavy atom. The first kappa shape index (κ1) is 18.1. The fraction of sp³-hybridized carbons (Fsp3) is 0.0417. The van der Waals surface area contributed by atoms with Crippen molar-refractivity contribution in [1.82, 2.24) is 0 Å². The van der Waals surface area contributed by atoms with Crippen molar-refractivity contribution in [2.75, 3.05) is 6.61 Å². The van der Waals surface area contributed by atoms with E-state index in [-0.39, 0.29) is 11.5 Å². The van der Waals surface area contributed by atoms with Crippen molar-refractivity contribution >= 4 is 29.5 Å². The first-order valence-electron chi connectivity index (χ1n) is 8.87. The maximum atomic E-state index is 12.5. The molecule has 0 aliphatic carbocycles. The number of ketones is 1. The Balaban J connectivity index is 1.44. The van der Waals surface area contributed by atoms with Gasteiger partial charge in [-0.25, -0.2) is 0 Å². The molecule has 0 spiro atoms. The van der Waals surface area contributed by atoms with Crippen molar-refractivity contribution in [2.24, 2.45) is 0 Å². The van der Waals surface area contributed by atoms with Gasteiger partial charge in [0.05, 0.1) is 5.56 Å². The number of rotatable bonds is 5. The van der Waals surface area contributed by atoms with Crippen LogP contribution in [0.5, 0.6) is 11.5 Å². The van der Waals surface area contributed by atoms with Crippen LogP contribution in [0, 0.1) is 0 Å². The molecular weight excluding hydrogens is 372 g/mol. The van der Waals surface area contributed by atoms with Gasteiger partial charge in [0, 0.05) is 11.1 Å². The molecule has 0 N–H and O–H groups in total. The van der Waals surface area contributed by atoms with E-state index in [2.05, 4.69) is 0 Å². The number of fused-ring (bicyclic) bond motifs is 1. The third-order valence-corrected chi connectivity index (χ3v) is 4.48. The van der Waals surface area contributed by atoms with Crippen molar-refractivity contribution in [3.05, 3.63) is 106 Å². The highest BCUT2D eigenvalue weighted by Crippen LogP contribution is 2.35. The molecule has 0 amide bonds. The summed E-state index contributed by atoms with van der Waals surface area (Å²) in [5.41, 5.74) is 2.46. The molecular formula is C24H17ClO3. The van der Waals surface area contributed by atoms with Crippen LogP contribution in [-0.2, 0) is 0 Å². The maximum absolute atomic E-state index is 12.5. The lowest BCUT2D eigenvalue weighted by Gasteiger charge is -2.04. The minimum Gasteiger partial charge on any atom is -0.489 e. The summed E-state index contributed by atoms with van der Waals surface area (Å²) in [5, 5.41) is 0.608. The number of Topliss-reactive ketones (excluding diaryl/α,β-unsaturated/α-hetero) is 1. The van der Waals surface area contributed by atoms with E-state index >= 15 is 0 Å². The topological polar surface area (TPSA) is 35.5 Å². The van der Waals surface area contributed by atoms with Crippen LogP contribution < -0.4 is 9.47 Å². The Bertz CT molecular complexity index is 1070. The van der Waals surface area contributed by atoms with Crippen LogP contribution in [0.2, 0.25) is 5.02 Å². The zero-order valence-corrected chi connectivity index (χ0v) is 15.7. The SMILES string of the molecule is O=C1C(=Cc2cccc(Cl)c2)Oc2cc(OCC=Cc3ccccc3)ccc21. The zero-order valence-electron chi connectivity index (χ0n) is 15.0. The smallest absolute Gasteiger partial charge is 0.231 e. The first-order chi connectivity index (χ1) is 13.7. The van der Waals surface area contributed by atoms with Gasteiger partial charge in [-0.1, -0.05) is 60.1 Å². The van der Waals surface area contributed by atoms with Crippen LogP contribution in [0.15, 0.2) is 84.6 Å². The number of carbonyl (C=O) groups is 1. The normalized spacial score (nSPS) is 14.3. The fourth-order valence-corrected chi connectivity index (χ4v) is 3.10. The summed E-state index contributed by atoms with van der Waals surface area (Å²) in [4.78, 5) is 12.5. The van der Waals surface area contributed by atoms with Crippen LogP contribution in [-0.4, -0.2) is 12.4 Å². The predicted molar refractivity (Wildman–Crippen MR) is 112 cm³/mol. The van der Waals surface area contributed by atoms with Crippen molar-refractivity contribution in [1.29, 1.82) is 0 Å². The van der Waals surface area contributed by atoms with E-state index < -0.39 is 0 Å². The van der Waals surface area contributed by atoms with Gasteiger partial charge in [-0.3, -0.25) is 4.79 Å². The maximum Gasteiger partial charge on any atom is 0.231 e. The summed E-state index contributed by atoms with van der Waals surface area (Å²) in [7, 11) is 0. The Morgan fingerprint density at radius 1 is 0.929 bits per heavy atom. The molecule has 3 aromatic rings. The molecule has 0 fully saturated rings. The highest BCUT2D eigenvalue weighted by molar-refractivity contribution is 6.30. The summed E-state index contributed by atoms with van der Waals surface area (Å²) in [6.07, 6.45) is 5.63. The highest BCUT2D eigenvalue weighted by atomic mass is 35.5. The van der Waals surface area contributed by atoms with Gasteiger partial charge in [0.15, 0.2) is 5.76 Å². The molecule has 0 aromatic heterocycles. The molecule has 3 nitrogen and oxygen atoms in total. The molecule has 3 aromatic carbocycles. The summed E-state index contributed by atoms with van der Waals surface area (Å²) < 4.78 is 11.5. The molecule has 0 unspecified atom stereocenters. The average molecular weight is 389 g/mol. The van der Waals surface area contributed by atoms with Gasteiger partial charge in [-0.2, -0.15) is 0 Å². The lowest BCUT2D eigenvalue weighted by atomic mass is 10.1.